The third-order valence-electron chi connectivity index (χ3n) is 2.38. The number of rotatable bonds is 7. The molecule has 0 N–H and O–H groups in total. The Kier molecular flexibility index (Phi) is 6.65. The Hall–Kier alpha value is -0.410. The molecule has 0 saturated carbocycles. The summed E-state index contributed by atoms with van der Waals surface area (Å²) in [6.45, 7) is 2.22. The molecule has 1 heterocycles. The van der Waals surface area contributed by atoms with Gasteiger partial charge in [-0.05, 0) is 29.6 Å². The van der Waals surface area contributed by atoms with Crippen LogP contribution in [0.3, 0.4) is 0 Å². The van der Waals surface area contributed by atoms with E-state index >= 15 is 0 Å². The minimum absolute atomic E-state index is 0.181. The normalized spacial score (nSPS) is 10.7. The van der Waals surface area contributed by atoms with Crippen molar-refractivity contribution in [2.45, 2.75) is 51.9 Å². The fraction of sp³-hybridized carbons (Fsp3) is 0.727. The quantitative estimate of drug-likeness (QED) is 0.695. The summed E-state index contributed by atoms with van der Waals surface area (Å²) in [5.74, 6) is 0.695. The van der Waals surface area contributed by atoms with E-state index in [1.54, 1.807) is 0 Å². The lowest BCUT2D eigenvalue weighted by Gasteiger charge is -2.01. The Morgan fingerprint density at radius 2 is 1.38 bits per heavy atom. The fourth-order valence-electron chi connectivity index (χ4n) is 1.54. The molecule has 0 aliphatic rings. The van der Waals surface area contributed by atoms with Gasteiger partial charge in [-0.1, -0.05) is 39.0 Å². The number of unbranched alkanes of at least 4 members (excludes halogenated alkanes) is 5. The number of nitrogens with zero attached hydrogens (tertiary/aromatic N) is 3. The van der Waals surface area contributed by atoms with Crippen molar-refractivity contribution < 1.29 is 0 Å². The molecule has 3 nitrogen and oxygen atoms in total. The van der Waals surface area contributed by atoms with Gasteiger partial charge in [-0.2, -0.15) is 4.98 Å². The lowest BCUT2D eigenvalue weighted by molar-refractivity contribution is 0.600. The Labute approximate surface area is 107 Å². The van der Waals surface area contributed by atoms with Crippen LogP contribution in [-0.4, -0.2) is 15.0 Å². The van der Waals surface area contributed by atoms with Gasteiger partial charge < -0.3 is 0 Å². The first-order valence-electron chi connectivity index (χ1n) is 5.78. The summed E-state index contributed by atoms with van der Waals surface area (Å²) in [6, 6.07) is 0. The zero-order valence-electron chi connectivity index (χ0n) is 9.55. The molecule has 0 spiro atoms. The molecule has 0 amide bonds. The van der Waals surface area contributed by atoms with Gasteiger partial charge in [0.25, 0.3) is 0 Å². The molecule has 0 bridgehead atoms. The summed E-state index contributed by atoms with van der Waals surface area (Å²) in [5.41, 5.74) is 0. The Morgan fingerprint density at radius 1 is 0.812 bits per heavy atom. The molecule has 1 aromatic heterocycles. The Bertz CT molecular complexity index is 298. The van der Waals surface area contributed by atoms with Crippen LogP contribution in [0.2, 0.25) is 10.6 Å². The largest absolute Gasteiger partial charge is 0.226 e. The van der Waals surface area contributed by atoms with E-state index in [2.05, 4.69) is 21.9 Å². The zero-order chi connectivity index (χ0) is 11.8. The van der Waals surface area contributed by atoms with E-state index in [1.807, 2.05) is 0 Å². The first-order chi connectivity index (χ1) is 7.72. The topological polar surface area (TPSA) is 38.7 Å². The second-order valence-electron chi connectivity index (χ2n) is 3.81. The molecule has 0 aromatic carbocycles. The lowest BCUT2D eigenvalue weighted by atomic mass is 10.1. The van der Waals surface area contributed by atoms with Crippen molar-refractivity contribution in [3.05, 3.63) is 16.4 Å². The summed E-state index contributed by atoms with van der Waals surface area (Å²) in [4.78, 5) is 11.8. The summed E-state index contributed by atoms with van der Waals surface area (Å²) < 4.78 is 0. The smallest absolute Gasteiger partial charge is 0.203 e. The monoisotopic (exact) mass is 261 g/mol. The predicted octanol–water partition coefficient (Wildman–Crippen LogP) is 4.08. The second kappa shape index (κ2) is 7.80. The molecule has 0 atom stereocenters. The highest BCUT2D eigenvalue weighted by molar-refractivity contribution is 6.30. The van der Waals surface area contributed by atoms with Gasteiger partial charge in [0.2, 0.25) is 10.6 Å². The highest BCUT2D eigenvalue weighted by Gasteiger charge is 2.02. The van der Waals surface area contributed by atoms with Crippen molar-refractivity contribution in [3.63, 3.8) is 0 Å². The number of hydrogen-bond donors (Lipinski definition) is 0. The van der Waals surface area contributed by atoms with Gasteiger partial charge in [-0.3, -0.25) is 0 Å². The van der Waals surface area contributed by atoms with Crippen LogP contribution < -0.4 is 0 Å². The number of aromatic nitrogens is 3. The maximum Gasteiger partial charge on any atom is 0.226 e. The molecular formula is C11H17Cl2N3. The highest BCUT2D eigenvalue weighted by atomic mass is 35.5. The number of aryl methyl sites for hydroxylation is 1. The molecule has 0 aliphatic carbocycles. The van der Waals surface area contributed by atoms with Gasteiger partial charge >= 0.3 is 0 Å². The van der Waals surface area contributed by atoms with Crippen LogP contribution in [0.25, 0.3) is 0 Å². The third kappa shape index (κ3) is 5.61. The first kappa shape index (κ1) is 13.7. The van der Waals surface area contributed by atoms with E-state index in [9.17, 15) is 0 Å². The molecule has 1 aromatic rings. The van der Waals surface area contributed by atoms with Crippen molar-refractivity contribution in [1.29, 1.82) is 0 Å². The van der Waals surface area contributed by atoms with E-state index in [1.165, 1.54) is 32.1 Å². The van der Waals surface area contributed by atoms with Crippen LogP contribution in [0.1, 0.15) is 51.3 Å². The van der Waals surface area contributed by atoms with E-state index in [-0.39, 0.29) is 10.6 Å². The average molecular weight is 262 g/mol. The molecule has 0 aliphatic heterocycles. The molecule has 0 saturated heterocycles. The van der Waals surface area contributed by atoms with Gasteiger partial charge in [-0.25, -0.2) is 9.97 Å². The summed E-state index contributed by atoms with van der Waals surface area (Å²) in [7, 11) is 0. The van der Waals surface area contributed by atoms with E-state index in [0.29, 0.717) is 5.82 Å². The molecule has 16 heavy (non-hydrogen) atoms. The molecule has 0 fully saturated rings. The first-order valence-corrected chi connectivity index (χ1v) is 6.54. The molecule has 1 rings (SSSR count). The molecule has 0 radical (unpaired) electrons. The Morgan fingerprint density at radius 3 is 2.00 bits per heavy atom. The maximum absolute atomic E-state index is 5.68. The van der Waals surface area contributed by atoms with Crippen LogP contribution in [0.5, 0.6) is 0 Å². The maximum atomic E-state index is 5.68. The summed E-state index contributed by atoms with van der Waals surface area (Å²) >= 11 is 11.4. The highest BCUT2D eigenvalue weighted by Crippen LogP contribution is 2.10. The van der Waals surface area contributed by atoms with Gasteiger partial charge in [-0.15, -0.1) is 0 Å². The third-order valence-corrected chi connectivity index (χ3v) is 2.72. The zero-order valence-corrected chi connectivity index (χ0v) is 11.1. The number of hydrogen-bond acceptors (Lipinski definition) is 3. The van der Waals surface area contributed by atoms with Gasteiger partial charge in [0.05, 0.1) is 0 Å². The van der Waals surface area contributed by atoms with Crippen LogP contribution in [0.4, 0.5) is 0 Å². The molecule has 0 unspecified atom stereocenters. The van der Waals surface area contributed by atoms with Crippen molar-refractivity contribution in [3.8, 4) is 0 Å². The van der Waals surface area contributed by atoms with Gasteiger partial charge in [0.1, 0.15) is 5.82 Å². The van der Waals surface area contributed by atoms with Crippen LogP contribution in [0, 0.1) is 0 Å². The van der Waals surface area contributed by atoms with E-state index in [4.69, 9.17) is 23.2 Å². The summed E-state index contributed by atoms with van der Waals surface area (Å²) in [5, 5.41) is 0.363. The second-order valence-corrected chi connectivity index (χ2v) is 4.48. The van der Waals surface area contributed by atoms with Crippen molar-refractivity contribution in [2.24, 2.45) is 0 Å². The molecular weight excluding hydrogens is 245 g/mol. The van der Waals surface area contributed by atoms with Crippen LogP contribution in [-0.2, 0) is 6.42 Å². The molecule has 5 heteroatoms. The minimum atomic E-state index is 0.181. The van der Waals surface area contributed by atoms with E-state index < -0.39 is 0 Å². The van der Waals surface area contributed by atoms with Crippen molar-refractivity contribution >= 4 is 23.2 Å². The predicted molar refractivity (Wildman–Crippen MR) is 66.9 cm³/mol. The van der Waals surface area contributed by atoms with Crippen LogP contribution >= 0.6 is 23.2 Å². The lowest BCUT2D eigenvalue weighted by Crippen LogP contribution is -1.98. The Balaban J connectivity index is 2.21. The van der Waals surface area contributed by atoms with Gasteiger partial charge in [0, 0.05) is 6.42 Å². The SMILES string of the molecule is CCCCCCCCc1nc(Cl)nc(Cl)n1. The van der Waals surface area contributed by atoms with Crippen molar-refractivity contribution in [2.75, 3.05) is 0 Å². The minimum Gasteiger partial charge on any atom is -0.203 e. The van der Waals surface area contributed by atoms with Crippen LogP contribution in [0.15, 0.2) is 0 Å². The number of halogens is 2. The fourth-order valence-corrected chi connectivity index (χ4v) is 1.94. The molecule has 90 valence electrons. The average Bonchev–Trinajstić information content (AvgIpc) is 2.22. The summed E-state index contributed by atoms with van der Waals surface area (Å²) in [6.07, 6.45) is 8.31. The van der Waals surface area contributed by atoms with Gasteiger partial charge in [0.15, 0.2) is 0 Å². The van der Waals surface area contributed by atoms with E-state index in [0.717, 1.165) is 12.8 Å². The van der Waals surface area contributed by atoms with Crippen molar-refractivity contribution in [1.82, 2.24) is 15.0 Å². The standard InChI is InChI=1S/C11H17Cl2N3/c1-2-3-4-5-6-7-8-9-14-10(12)16-11(13)15-9/h2-8H2,1H3.